The molecule has 0 aromatic heterocycles. The number of hydrogen-bond acceptors (Lipinski definition) is 13. The van der Waals surface area contributed by atoms with E-state index in [0.717, 1.165) is 0 Å². The SMILES string of the molecule is O=C(OO[C@H]1[C@H](O)[C@@H](CO)O[C@@]1(CO)O[C@H]1O[C@H](CO)[C@@H](O)[C@H](O)[C@H]1O)c1ccccc1. The van der Waals surface area contributed by atoms with Gasteiger partial charge in [-0.05, 0) is 12.1 Å². The maximum absolute atomic E-state index is 12.2. The topological polar surface area (TPSA) is 205 Å². The van der Waals surface area contributed by atoms with Crippen molar-refractivity contribution >= 4 is 5.97 Å². The Morgan fingerprint density at radius 1 is 0.906 bits per heavy atom. The molecular weight excluding hydrogens is 436 g/mol. The van der Waals surface area contributed by atoms with Gasteiger partial charge >= 0.3 is 5.97 Å². The predicted octanol–water partition coefficient (Wildman–Crippen LogP) is -3.60. The minimum absolute atomic E-state index is 0.115. The normalized spacial score (nSPS) is 39.7. The van der Waals surface area contributed by atoms with Crippen molar-refractivity contribution in [3.63, 3.8) is 0 Å². The first-order valence-electron chi connectivity index (χ1n) is 9.76. The molecule has 13 heteroatoms. The highest BCUT2D eigenvalue weighted by atomic mass is 17.2. The molecule has 1 aromatic rings. The zero-order valence-electron chi connectivity index (χ0n) is 16.7. The summed E-state index contributed by atoms with van der Waals surface area (Å²) in [5, 5.41) is 69.3. The van der Waals surface area contributed by atoms with Crippen LogP contribution in [0.3, 0.4) is 0 Å². The Labute approximate surface area is 181 Å². The van der Waals surface area contributed by atoms with Gasteiger partial charge in [0.25, 0.3) is 0 Å². The van der Waals surface area contributed by atoms with E-state index in [2.05, 4.69) is 0 Å². The molecule has 7 N–H and O–H groups in total. The van der Waals surface area contributed by atoms with E-state index in [4.69, 9.17) is 24.0 Å². The molecule has 2 aliphatic heterocycles. The van der Waals surface area contributed by atoms with E-state index in [9.17, 15) is 40.5 Å². The number of ether oxygens (including phenoxy) is 3. The van der Waals surface area contributed by atoms with Crippen LogP contribution in [0.4, 0.5) is 0 Å². The molecule has 0 radical (unpaired) electrons. The lowest BCUT2D eigenvalue weighted by molar-refractivity contribution is -0.410. The maximum Gasteiger partial charge on any atom is 0.373 e. The van der Waals surface area contributed by atoms with Gasteiger partial charge in [0.1, 0.15) is 43.2 Å². The summed E-state index contributed by atoms with van der Waals surface area (Å²) in [5.74, 6) is -3.28. The average Bonchev–Trinajstić information content (AvgIpc) is 3.09. The molecule has 13 nitrogen and oxygen atoms in total. The molecule has 0 bridgehead atoms. The van der Waals surface area contributed by atoms with Gasteiger partial charge in [0.05, 0.1) is 18.8 Å². The lowest BCUT2D eigenvalue weighted by Gasteiger charge is -2.43. The fourth-order valence-electron chi connectivity index (χ4n) is 3.46. The Morgan fingerprint density at radius 2 is 1.56 bits per heavy atom. The van der Waals surface area contributed by atoms with E-state index < -0.39 is 80.6 Å². The summed E-state index contributed by atoms with van der Waals surface area (Å²) >= 11 is 0. The monoisotopic (exact) mass is 462 g/mol. The Kier molecular flexibility index (Phi) is 8.13. The number of hydrogen-bond donors (Lipinski definition) is 7. The fraction of sp³-hybridized carbons (Fsp3) is 0.632. The summed E-state index contributed by atoms with van der Waals surface area (Å²) in [6.07, 6.45) is -13.2. The Bertz CT molecular complexity index is 746. The van der Waals surface area contributed by atoms with Gasteiger partial charge in [-0.1, -0.05) is 18.2 Å². The summed E-state index contributed by atoms with van der Waals surface area (Å²) in [6, 6.07) is 7.70. The largest absolute Gasteiger partial charge is 0.394 e. The Morgan fingerprint density at radius 3 is 2.16 bits per heavy atom. The molecule has 0 spiro atoms. The molecule has 0 aliphatic carbocycles. The van der Waals surface area contributed by atoms with Crippen LogP contribution in [0.15, 0.2) is 30.3 Å². The van der Waals surface area contributed by atoms with Gasteiger partial charge in [0, 0.05) is 0 Å². The first kappa shape index (κ1) is 24.9. The third-order valence-corrected chi connectivity index (χ3v) is 5.28. The summed E-state index contributed by atoms with van der Waals surface area (Å²) in [4.78, 5) is 22.0. The molecule has 9 atom stereocenters. The van der Waals surface area contributed by atoms with Gasteiger partial charge in [-0.25, -0.2) is 4.79 Å². The smallest absolute Gasteiger partial charge is 0.373 e. The highest BCUT2D eigenvalue weighted by molar-refractivity contribution is 5.88. The summed E-state index contributed by atoms with van der Waals surface area (Å²) < 4.78 is 16.1. The lowest BCUT2D eigenvalue weighted by Crippen LogP contribution is -2.63. The van der Waals surface area contributed by atoms with Crippen LogP contribution in [-0.2, 0) is 24.0 Å². The number of aliphatic hydroxyl groups is 7. The molecule has 32 heavy (non-hydrogen) atoms. The van der Waals surface area contributed by atoms with Crippen LogP contribution in [0, 0.1) is 0 Å². The van der Waals surface area contributed by atoms with Crippen molar-refractivity contribution in [3.05, 3.63) is 35.9 Å². The van der Waals surface area contributed by atoms with Crippen molar-refractivity contribution in [2.45, 2.75) is 54.8 Å². The standard InChI is InChI=1S/C19H26O13/c20-6-10-12(23)14(25)15(26)18(28-10)30-19(8-22)16(13(24)11(7-21)29-19)31-32-17(27)9-4-2-1-3-5-9/h1-5,10-16,18,20-26H,6-8H2/t10-,11-,12-,13-,14+,15-,16+,18-,19+/m1/s1. The van der Waals surface area contributed by atoms with Gasteiger partial charge in [-0.2, -0.15) is 4.89 Å². The second-order valence-electron chi connectivity index (χ2n) is 7.37. The van der Waals surface area contributed by atoms with Crippen molar-refractivity contribution in [1.82, 2.24) is 0 Å². The number of carbonyl (C=O) groups is 1. The predicted molar refractivity (Wildman–Crippen MR) is 99.4 cm³/mol. The molecule has 0 unspecified atom stereocenters. The highest BCUT2D eigenvalue weighted by Crippen LogP contribution is 2.38. The van der Waals surface area contributed by atoms with Gasteiger partial charge in [0.15, 0.2) is 12.4 Å². The number of aliphatic hydroxyl groups excluding tert-OH is 7. The molecule has 3 rings (SSSR count). The molecule has 2 saturated heterocycles. The van der Waals surface area contributed by atoms with Crippen LogP contribution in [0.1, 0.15) is 10.4 Å². The molecule has 0 amide bonds. The summed E-state index contributed by atoms with van der Waals surface area (Å²) in [6.45, 7) is -2.52. The van der Waals surface area contributed by atoms with Crippen LogP contribution in [0.5, 0.6) is 0 Å². The Hall–Kier alpha value is -1.75. The second kappa shape index (κ2) is 10.5. The first-order chi connectivity index (χ1) is 15.3. The molecule has 180 valence electrons. The second-order valence-corrected chi connectivity index (χ2v) is 7.37. The summed E-state index contributed by atoms with van der Waals surface area (Å²) in [7, 11) is 0. The van der Waals surface area contributed by atoms with Gasteiger partial charge in [-0.15, -0.1) is 0 Å². The van der Waals surface area contributed by atoms with E-state index in [1.807, 2.05) is 0 Å². The van der Waals surface area contributed by atoms with E-state index in [0.29, 0.717) is 0 Å². The maximum atomic E-state index is 12.2. The molecule has 2 aliphatic rings. The summed E-state index contributed by atoms with van der Waals surface area (Å²) in [5.41, 5.74) is 0.115. The van der Waals surface area contributed by atoms with E-state index in [-0.39, 0.29) is 5.56 Å². The quantitative estimate of drug-likeness (QED) is 0.147. The zero-order chi connectivity index (χ0) is 23.5. The van der Waals surface area contributed by atoms with Crippen molar-refractivity contribution in [2.24, 2.45) is 0 Å². The van der Waals surface area contributed by atoms with Gasteiger partial charge < -0.3 is 50.0 Å². The molecule has 0 saturated carbocycles. The number of rotatable bonds is 8. The number of carbonyl (C=O) groups excluding carboxylic acids is 1. The Balaban J connectivity index is 1.80. The third kappa shape index (κ3) is 4.78. The van der Waals surface area contributed by atoms with Crippen LogP contribution >= 0.6 is 0 Å². The number of benzene rings is 1. The van der Waals surface area contributed by atoms with Crippen molar-refractivity contribution in [1.29, 1.82) is 0 Å². The van der Waals surface area contributed by atoms with Crippen LogP contribution < -0.4 is 0 Å². The minimum atomic E-state index is -2.34. The van der Waals surface area contributed by atoms with E-state index in [1.54, 1.807) is 18.2 Å². The molecule has 2 fully saturated rings. The van der Waals surface area contributed by atoms with Gasteiger partial charge in [0.2, 0.25) is 5.79 Å². The third-order valence-electron chi connectivity index (χ3n) is 5.28. The lowest BCUT2D eigenvalue weighted by atomic mass is 9.99. The van der Waals surface area contributed by atoms with E-state index >= 15 is 0 Å². The van der Waals surface area contributed by atoms with Gasteiger partial charge in [-0.3, -0.25) is 4.89 Å². The highest BCUT2D eigenvalue weighted by Gasteiger charge is 2.60. The van der Waals surface area contributed by atoms with Crippen LogP contribution in [0.25, 0.3) is 0 Å². The van der Waals surface area contributed by atoms with Crippen LogP contribution in [0.2, 0.25) is 0 Å². The first-order valence-corrected chi connectivity index (χ1v) is 9.76. The van der Waals surface area contributed by atoms with Crippen molar-refractivity contribution in [2.75, 3.05) is 19.8 Å². The fourth-order valence-corrected chi connectivity index (χ4v) is 3.46. The van der Waals surface area contributed by atoms with Crippen LogP contribution in [-0.4, -0.2) is 116 Å². The molecule has 1 aromatic carbocycles. The minimum Gasteiger partial charge on any atom is -0.394 e. The zero-order valence-corrected chi connectivity index (χ0v) is 16.7. The molecule has 2 heterocycles. The van der Waals surface area contributed by atoms with Crippen molar-refractivity contribution < 1.29 is 64.5 Å². The van der Waals surface area contributed by atoms with Crippen molar-refractivity contribution in [3.8, 4) is 0 Å². The molecular formula is C19H26O13. The average molecular weight is 462 g/mol. The van der Waals surface area contributed by atoms with E-state index in [1.165, 1.54) is 12.1 Å².